The number of nitrogens with zero attached hydrogens (tertiary/aromatic N) is 1. The van der Waals surface area contributed by atoms with Crippen molar-refractivity contribution in [3.05, 3.63) is 17.7 Å². The Hall–Kier alpha value is -2.37. The van der Waals surface area contributed by atoms with Gasteiger partial charge < -0.3 is 24.5 Å². The van der Waals surface area contributed by atoms with Gasteiger partial charge in [0.15, 0.2) is 23.1 Å². The van der Waals surface area contributed by atoms with E-state index in [2.05, 4.69) is 12.1 Å². The first kappa shape index (κ1) is 15.0. The molecule has 0 radical (unpaired) electrons. The Morgan fingerprint density at radius 1 is 1.10 bits per heavy atom. The molecule has 0 saturated carbocycles. The van der Waals surface area contributed by atoms with Gasteiger partial charge in [0.05, 0.1) is 26.9 Å². The molecule has 21 heavy (non-hydrogen) atoms. The van der Waals surface area contributed by atoms with Crippen LogP contribution < -0.4 is 19.9 Å². The van der Waals surface area contributed by atoms with E-state index in [4.69, 9.17) is 24.5 Å². The summed E-state index contributed by atoms with van der Waals surface area (Å²) in [7, 11) is 4.71. The number of anilines is 1. The number of nitrogens with two attached hydrogens (primary N) is 1. The van der Waals surface area contributed by atoms with Crippen LogP contribution in [0.15, 0.2) is 16.7 Å². The van der Waals surface area contributed by atoms with Gasteiger partial charge in [0.25, 0.3) is 0 Å². The summed E-state index contributed by atoms with van der Waals surface area (Å²) in [5.74, 6) is 2.64. The Labute approximate surface area is 123 Å². The normalized spacial score (nSPS) is 10.5. The fraction of sp³-hybridized carbons (Fsp3) is 0.400. The van der Waals surface area contributed by atoms with Gasteiger partial charge in [-0.2, -0.15) is 0 Å². The minimum Gasteiger partial charge on any atom is -0.493 e. The third-order valence-corrected chi connectivity index (χ3v) is 3.27. The summed E-state index contributed by atoms with van der Waals surface area (Å²) in [6.45, 7) is 2.07. The summed E-state index contributed by atoms with van der Waals surface area (Å²) < 4.78 is 21.5. The third kappa shape index (κ3) is 2.61. The molecule has 114 valence electrons. The van der Waals surface area contributed by atoms with Gasteiger partial charge in [0.2, 0.25) is 5.75 Å². The molecular weight excluding hydrogens is 272 g/mol. The number of rotatable bonds is 6. The maximum Gasteiger partial charge on any atom is 0.204 e. The number of ether oxygens (including phenoxy) is 3. The minimum absolute atomic E-state index is 0.406. The van der Waals surface area contributed by atoms with E-state index in [9.17, 15) is 0 Å². The molecule has 0 saturated heterocycles. The van der Waals surface area contributed by atoms with Crippen LogP contribution in [0.2, 0.25) is 0 Å². The van der Waals surface area contributed by atoms with Gasteiger partial charge in [0, 0.05) is 5.56 Å². The molecule has 0 atom stereocenters. The Morgan fingerprint density at radius 2 is 1.81 bits per heavy atom. The molecule has 0 spiro atoms. The van der Waals surface area contributed by atoms with Gasteiger partial charge in [-0.3, -0.25) is 0 Å². The summed E-state index contributed by atoms with van der Waals surface area (Å²) in [5, 5.41) is 3.86. The lowest BCUT2D eigenvalue weighted by molar-refractivity contribution is 0.324. The molecule has 6 nitrogen and oxygen atoms in total. The van der Waals surface area contributed by atoms with E-state index >= 15 is 0 Å². The molecule has 1 aromatic heterocycles. The number of hydrogen-bond acceptors (Lipinski definition) is 6. The zero-order valence-corrected chi connectivity index (χ0v) is 12.7. The van der Waals surface area contributed by atoms with Crippen LogP contribution >= 0.6 is 0 Å². The summed E-state index contributed by atoms with van der Waals surface area (Å²) in [6.07, 6.45) is 1.72. The van der Waals surface area contributed by atoms with Gasteiger partial charge in [-0.1, -0.05) is 18.5 Å². The topological polar surface area (TPSA) is 79.7 Å². The first-order chi connectivity index (χ1) is 10.2. The number of benzene rings is 1. The van der Waals surface area contributed by atoms with Crippen LogP contribution in [0.1, 0.15) is 18.9 Å². The average molecular weight is 292 g/mol. The van der Waals surface area contributed by atoms with E-state index in [1.165, 1.54) is 0 Å². The van der Waals surface area contributed by atoms with Crippen molar-refractivity contribution in [3.63, 3.8) is 0 Å². The largest absolute Gasteiger partial charge is 0.493 e. The quantitative estimate of drug-likeness (QED) is 0.881. The second-order valence-corrected chi connectivity index (χ2v) is 4.51. The number of nitrogen functional groups attached to an aromatic ring is 1. The second-order valence-electron chi connectivity index (χ2n) is 4.51. The molecule has 1 heterocycles. The summed E-state index contributed by atoms with van der Waals surface area (Å²) in [6, 6.07) is 3.64. The van der Waals surface area contributed by atoms with Gasteiger partial charge in [-0.25, -0.2) is 0 Å². The van der Waals surface area contributed by atoms with Crippen LogP contribution in [-0.4, -0.2) is 26.5 Å². The zero-order chi connectivity index (χ0) is 15.4. The van der Waals surface area contributed by atoms with Crippen molar-refractivity contribution < 1.29 is 18.7 Å². The average Bonchev–Trinajstić information content (AvgIpc) is 2.87. The number of hydrogen-bond donors (Lipinski definition) is 1. The lowest BCUT2D eigenvalue weighted by Crippen LogP contribution is -1.98. The molecule has 0 amide bonds. The van der Waals surface area contributed by atoms with Gasteiger partial charge in [0.1, 0.15) is 0 Å². The monoisotopic (exact) mass is 292 g/mol. The smallest absolute Gasteiger partial charge is 0.204 e. The Bertz CT molecular complexity index is 622. The lowest BCUT2D eigenvalue weighted by Gasteiger charge is -2.15. The number of methoxy groups -OCH3 is 3. The van der Waals surface area contributed by atoms with Crippen LogP contribution in [0, 0.1) is 0 Å². The van der Waals surface area contributed by atoms with Crippen molar-refractivity contribution in [1.82, 2.24) is 5.16 Å². The molecule has 0 aliphatic heterocycles. The van der Waals surface area contributed by atoms with Crippen LogP contribution in [0.25, 0.3) is 11.3 Å². The molecule has 0 aliphatic carbocycles. The second kappa shape index (κ2) is 6.39. The highest BCUT2D eigenvalue weighted by Crippen LogP contribution is 2.45. The predicted molar refractivity (Wildman–Crippen MR) is 80.0 cm³/mol. The molecule has 0 unspecified atom stereocenters. The fourth-order valence-electron chi connectivity index (χ4n) is 2.30. The van der Waals surface area contributed by atoms with Crippen LogP contribution in [0.4, 0.5) is 5.82 Å². The van der Waals surface area contributed by atoms with Crippen molar-refractivity contribution >= 4 is 5.82 Å². The van der Waals surface area contributed by atoms with Gasteiger partial charge in [-0.05, 0) is 18.6 Å². The lowest BCUT2D eigenvalue weighted by atomic mass is 10.0. The molecule has 0 bridgehead atoms. The summed E-state index contributed by atoms with van der Waals surface area (Å²) in [5.41, 5.74) is 7.50. The summed E-state index contributed by atoms with van der Waals surface area (Å²) >= 11 is 0. The van der Waals surface area contributed by atoms with Gasteiger partial charge >= 0.3 is 0 Å². The maximum absolute atomic E-state index is 5.88. The summed E-state index contributed by atoms with van der Waals surface area (Å²) in [4.78, 5) is 0. The van der Waals surface area contributed by atoms with E-state index in [-0.39, 0.29) is 0 Å². The predicted octanol–water partition coefficient (Wildman–Crippen LogP) is 2.90. The molecule has 2 N–H and O–H groups in total. The van der Waals surface area contributed by atoms with Crippen molar-refractivity contribution in [3.8, 4) is 28.6 Å². The first-order valence-electron chi connectivity index (χ1n) is 6.71. The molecule has 6 heteroatoms. The fourth-order valence-corrected chi connectivity index (χ4v) is 2.30. The van der Waals surface area contributed by atoms with E-state index < -0.39 is 0 Å². The van der Waals surface area contributed by atoms with E-state index in [0.717, 1.165) is 24.0 Å². The van der Waals surface area contributed by atoms with Crippen molar-refractivity contribution in [2.24, 2.45) is 0 Å². The minimum atomic E-state index is 0.406. The van der Waals surface area contributed by atoms with Crippen molar-refractivity contribution in [2.45, 2.75) is 19.8 Å². The highest BCUT2D eigenvalue weighted by atomic mass is 16.5. The number of aromatic nitrogens is 1. The molecule has 2 rings (SSSR count). The molecule has 1 aromatic carbocycles. The molecular formula is C15H20N2O4. The van der Waals surface area contributed by atoms with Crippen LogP contribution in [-0.2, 0) is 6.42 Å². The third-order valence-electron chi connectivity index (χ3n) is 3.27. The Kier molecular flexibility index (Phi) is 4.57. The van der Waals surface area contributed by atoms with E-state index in [1.807, 2.05) is 6.07 Å². The maximum atomic E-state index is 5.88. The van der Waals surface area contributed by atoms with Crippen molar-refractivity contribution in [2.75, 3.05) is 27.1 Å². The zero-order valence-electron chi connectivity index (χ0n) is 12.7. The van der Waals surface area contributed by atoms with Crippen LogP contribution in [0.5, 0.6) is 17.2 Å². The Balaban J connectivity index is 2.64. The molecule has 0 aliphatic rings. The van der Waals surface area contributed by atoms with Crippen LogP contribution in [0.3, 0.4) is 0 Å². The SMILES string of the molecule is CCCc1c(N)noc1-c1ccc(OC)c(OC)c1OC. The standard InChI is InChI=1S/C15H20N2O4/c1-5-6-10-12(21-17-15(10)16)9-7-8-11(18-2)14(20-4)13(9)19-3/h7-8H,5-6H2,1-4H3,(H2,16,17). The first-order valence-corrected chi connectivity index (χ1v) is 6.71. The highest BCUT2D eigenvalue weighted by Gasteiger charge is 2.23. The van der Waals surface area contributed by atoms with E-state index in [0.29, 0.717) is 28.8 Å². The Morgan fingerprint density at radius 3 is 2.38 bits per heavy atom. The molecule has 2 aromatic rings. The molecule has 0 fully saturated rings. The van der Waals surface area contributed by atoms with E-state index in [1.54, 1.807) is 27.4 Å². The van der Waals surface area contributed by atoms with Crippen molar-refractivity contribution in [1.29, 1.82) is 0 Å². The van der Waals surface area contributed by atoms with Gasteiger partial charge in [-0.15, -0.1) is 0 Å². The highest BCUT2D eigenvalue weighted by molar-refractivity contribution is 5.76.